The van der Waals surface area contributed by atoms with E-state index in [1.165, 1.54) is 0 Å². The van der Waals surface area contributed by atoms with Crippen LogP contribution < -0.4 is 4.72 Å². The van der Waals surface area contributed by atoms with Gasteiger partial charge >= 0.3 is 0 Å². The molecule has 0 aliphatic carbocycles. The standard InChI is InChI=1S/C12H19N3O4S/c1-2-7-20(17,18)15-12(16)11-8-10(13-14-11)9-3-5-19-6-4-9/h8-9H,2-7H2,1H3,(H,13,14)(H,15,16). The molecule has 1 aliphatic heterocycles. The van der Waals surface area contributed by atoms with Crippen LogP contribution in [-0.2, 0) is 14.8 Å². The summed E-state index contributed by atoms with van der Waals surface area (Å²) >= 11 is 0. The van der Waals surface area contributed by atoms with Crippen LogP contribution in [0.25, 0.3) is 0 Å². The topological polar surface area (TPSA) is 101 Å². The van der Waals surface area contributed by atoms with Crippen molar-refractivity contribution in [3.05, 3.63) is 17.5 Å². The van der Waals surface area contributed by atoms with Gasteiger partial charge in [0.25, 0.3) is 5.91 Å². The zero-order chi connectivity index (χ0) is 14.6. The number of aromatic nitrogens is 2. The summed E-state index contributed by atoms with van der Waals surface area (Å²) < 4.78 is 30.4. The Balaban J connectivity index is 2.02. The van der Waals surface area contributed by atoms with E-state index < -0.39 is 15.9 Å². The first kappa shape index (κ1) is 15.0. The van der Waals surface area contributed by atoms with E-state index in [1.54, 1.807) is 13.0 Å². The molecule has 0 unspecified atom stereocenters. The number of hydrogen-bond acceptors (Lipinski definition) is 5. The van der Waals surface area contributed by atoms with Gasteiger partial charge in [-0.15, -0.1) is 0 Å². The van der Waals surface area contributed by atoms with Crippen LogP contribution in [0.4, 0.5) is 0 Å². The number of nitrogens with zero attached hydrogens (tertiary/aromatic N) is 1. The summed E-state index contributed by atoms with van der Waals surface area (Å²) in [4.78, 5) is 11.8. The lowest BCUT2D eigenvalue weighted by Crippen LogP contribution is -2.32. The van der Waals surface area contributed by atoms with E-state index in [2.05, 4.69) is 10.2 Å². The second-order valence-electron chi connectivity index (χ2n) is 4.85. The minimum atomic E-state index is -3.57. The fraction of sp³-hybridized carbons (Fsp3) is 0.667. The molecule has 1 aromatic heterocycles. The zero-order valence-corrected chi connectivity index (χ0v) is 12.2. The van der Waals surface area contributed by atoms with Crippen LogP contribution in [-0.4, -0.2) is 43.5 Å². The first-order valence-electron chi connectivity index (χ1n) is 6.69. The van der Waals surface area contributed by atoms with E-state index in [0.29, 0.717) is 19.6 Å². The number of ether oxygens (including phenoxy) is 1. The van der Waals surface area contributed by atoms with Crippen molar-refractivity contribution in [2.24, 2.45) is 0 Å². The second-order valence-corrected chi connectivity index (χ2v) is 6.69. The fourth-order valence-corrected chi connectivity index (χ4v) is 3.21. The molecule has 0 atom stereocenters. The third kappa shape index (κ3) is 3.80. The summed E-state index contributed by atoms with van der Waals surface area (Å²) in [7, 11) is -3.57. The predicted molar refractivity (Wildman–Crippen MR) is 72.9 cm³/mol. The molecule has 2 heterocycles. The Bertz CT molecular complexity index is 561. The smallest absolute Gasteiger partial charge is 0.285 e. The maximum Gasteiger partial charge on any atom is 0.285 e. The number of carbonyl (C=O) groups excluding carboxylic acids is 1. The summed E-state index contributed by atoms with van der Waals surface area (Å²) in [5, 5.41) is 6.71. The summed E-state index contributed by atoms with van der Waals surface area (Å²) in [5.41, 5.74) is 0.956. The number of H-pyrrole nitrogens is 1. The van der Waals surface area contributed by atoms with Gasteiger partial charge in [-0.05, 0) is 25.3 Å². The van der Waals surface area contributed by atoms with Crippen molar-refractivity contribution in [1.82, 2.24) is 14.9 Å². The molecule has 8 heteroatoms. The Hall–Kier alpha value is -1.41. The van der Waals surface area contributed by atoms with Crippen molar-refractivity contribution in [3.8, 4) is 0 Å². The molecular formula is C12H19N3O4S. The van der Waals surface area contributed by atoms with Gasteiger partial charge in [-0.1, -0.05) is 6.92 Å². The second kappa shape index (κ2) is 6.36. The van der Waals surface area contributed by atoms with E-state index in [4.69, 9.17) is 4.74 Å². The third-order valence-corrected chi connectivity index (χ3v) is 4.65. The first-order valence-corrected chi connectivity index (χ1v) is 8.35. The minimum absolute atomic E-state index is 0.0734. The molecule has 1 saturated heterocycles. The van der Waals surface area contributed by atoms with Gasteiger partial charge in [0.05, 0.1) is 5.75 Å². The van der Waals surface area contributed by atoms with Gasteiger partial charge in [0.2, 0.25) is 10.0 Å². The van der Waals surface area contributed by atoms with E-state index in [-0.39, 0.29) is 17.4 Å². The maximum atomic E-state index is 11.8. The van der Waals surface area contributed by atoms with Gasteiger partial charge in [0, 0.05) is 24.8 Å². The number of aromatic amines is 1. The van der Waals surface area contributed by atoms with Gasteiger partial charge < -0.3 is 4.74 Å². The molecule has 7 nitrogen and oxygen atoms in total. The van der Waals surface area contributed by atoms with Crippen LogP contribution in [0.15, 0.2) is 6.07 Å². The Morgan fingerprint density at radius 2 is 2.20 bits per heavy atom. The Morgan fingerprint density at radius 1 is 1.50 bits per heavy atom. The van der Waals surface area contributed by atoms with Crippen molar-refractivity contribution in [3.63, 3.8) is 0 Å². The van der Waals surface area contributed by atoms with Crippen LogP contribution in [0.3, 0.4) is 0 Å². The molecule has 2 N–H and O–H groups in total. The molecule has 1 aromatic rings. The Morgan fingerprint density at radius 3 is 2.85 bits per heavy atom. The number of rotatable bonds is 5. The lowest BCUT2D eigenvalue weighted by Gasteiger charge is -2.20. The van der Waals surface area contributed by atoms with Gasteiger partial charge in [-0.25, -0.2) is 13.1 Å². The van der Waals surface area contributed by atoms with Crippen molar-refractivity contribution in [1.29, 1.82) is 0 Å². The average Bonchev–Trinajstić information content (AvgIpc) is 2.88. The van der Waals surface area contributed by atoms with Crippen LogP contribution in [0, 0.1) is 0 Å². The number of amides is 1. The molecule has 0 bridgehead atoms. The lowest BCUT2D eigenvalue weighted by molar-refractivity contribution is 0.0845. The zero-order valence-electron chi connectivity index (χ0n) is 11.4. The molecule has 20 heavy (non-hydrogen) atoms. The molecule has 1 aliphatic rings. The minimum Gasteiger partial charge on any atom is -0.381 e. The third-order valence-electron chi connectivity index (χ3n) is 3.21. The Labute approximate surface area is 118 Å². The summed E-state index contributed by atoms with van der Waals surface area (Å²) in [6.45, 7) is 3.12. The van der Waals surface area contributed by atoms with Crippen LogP contribution in [0.5, 0.6) is 0 Å². The molecule has 1 amide bonds. The van der Waals surface area contributed by atoms with Gasteiger partial charge in [0.1, 0.15) is 0 Å². The maximum absolute atomic E-state index is 11.8. The summed E-state index contributed by atoms with van der Waals surface area (Å²) in [6, 6.07) is 1.62. The highest BCUT2D eigenvalue weighted by Crippen LogP contribution is 2.25. The molecule has 0 aromatic carbocycles. The van der Waals surface area contributed by atoms with E-state index in [0.717, 1.165) is 18.5 Å². The number of carbonyl (C=O) groups is 1. The van der Waals surface area contributed by atoms with Crippen molar-refractivity contribution >= 4 is 15.9 Å². The van der Waals surface area contributed by atoms with Crippen molar-refractivity contribution in [2.45, 2.75) is 32.1 Å². The Kier molecular flexibility index (Phi) is 4.77. The van der Waals surface area contributed by atoms with Gasteiger partial charge in [-0.2, -0.15) is 5.10 Å². The van der Waals surface area contributed by atoms with Crippen molar-refractivity contribution in [2.75, 3.05) is 19.0 Å². The summed E-state index contributed by atoms with van der Waals surface area (Å²) in [6.07, 6.45) is 2.20. The lowest BCUT2D eigenvalue weighted by atomic mass is 9.96. The van der Waals surface area contributed by atoms with E-state index >= 15 is 0 Å². The monoisotopic (exact) mass is 301 g/mol. The fourth-order valence-electron chi connectivity index (χ4n) is 2.18. The van der Waals surface area contributed by atoms with Crippen molar-refractivity contribution < 1.29 is 17.9 Å². The van der Waals surface area contributed by atoms with Crippen LogP contribution in [0.1, 0.15) is 48.3 Å². The van der Waals surface area contributed by atoms with E-state index in [1.807, 2.05) is 4.72 Å². The summed E-state index contributed by atoms with van der Waals surface area (Å²) in [5.74, 6) is -0.478. The van der Waals surface area contributed by atoms with Gasteiger partial charge in [0.15, 0.2) is 5.69 Å². The predicted octanol–water partition coefficient (Wildman–Crippen LogP) is 0.773. The number of hydrogen-bond donors (Lipinski definition) is 2. The quantitative estimate of drug-likeness (QED) is 0.836. The van der Waals surface area contributed by atoms with Gasteiger partial charge in [-0.3, -0.25) is 9.89 Å². The van der Waals surface area contributed by atoms with Crippen LogP contribution in [0.2, 0.25) is 0 Å². The average molecular weight is 301 g/mol. The number of nitrogens with one attached hydrogen (secondary N) is 2. The molecule has 2 rings (SSSR count). The molecule has 0 saturated carbocycles. The first-order chi connectivity index (χ1) is 9.52. The highest BCUT2D eigenvalue weighted by molar-refractivity contribution is 7.90. The molecule has 0 spiro atoms. The number of sulfonamides is 1. The molecular weight excluding hydrogens is 282 g/mol. The SMILES string of the molecule is CCCS(=O)(=O)NC(=O)c1cc(C2CCOCC2)[nH]n1. The highest BCUT2D eigenvalue weighted by Gasteiger charge is 2.22. The largest absolute Gasteiger partial charge is 0.381 e. The molecule has 0 radical (unpaired) electrons. The van der Waals surface area contributed by atoms with Crippen LogP contribution >= 0.6 is 0 Å². The van der Waals surface area contributed by atoms with E-state index in [9.17, 15) is 13.2 Å². The molecule has 1 fully saturated rings. The highest BCUT2D eigenvalue weighted by atomic mass is 32.2. The normalized spacial score (nSPS) is 17.1. The molecule has 112 valence electrons.